The Labute approximate surface area is 142 Å². The Kier molecular flexibility index (Phi) is 5.75. The molecule has 1 amide bonds. The fraction of sp³-hybridized carbons (Fsp3) is 0.278. The van der Waals surface area contributed by atoms with E-state index in [1.54, 1.807) is 25.1 Å². The molecule has 0 bridgehead atoms. The van der Waals surface area contributed by atoms with Crippen LogP contribution in [0.2, 0.25) is 0 Å². The molecule has 6 heteroatoms. The minimum absolute atomic E-state index is 0.213. The van der Waals surface area contributed by atoms with Crippen LogP contribution in [-0.2, 0) is 16.5 Å². The first kappa shape index (κ1) is 18.2. The molecule has 0 unspecified atom stereocenters. The van der Waals surface area contributed by atoms with Gasteiger partial charge in [0, 0.05) is 11.3 Å². The second-order valence-electron chi connectivity index (χ2n) is 5.71. The van der Waals surface area contributed by atoms with Crippen LogP contribution < -0.4 is 5.32 Å². The van der Waals surface area contributed by atoms with Crippen molar-refractivity contribution in [3.05, 3.63) is 59.2 Å². The lowest BCUT2D eigenvalue weighted by atomic mass is 10.1. The molecule has 128 valence electrons. The maximum Gasteiger partial charge on any atom is 0.294 e. The molecule has 2 aromatic carbocycles. The molecule has 2 rings (SSSR count). The maximum atomic E-state index is 12.3. The number of benzene rings is 2. The van der Waals surface area contributed by atoms with Crippen LogP contribution >= 0.6 is 0 Å². The summed E-state index contributed by atoms with van der Waals surface area (Å²) in [7, 11) is -4.32. The van der Waals surface area contributed by atoms with E-state index in [4.69, 9.17) is 0 Å². The summed E-state index contributed by atoms with van der Waals surface area (Å²) in [5.74, 6) is -0.331. The zero-order chi connectivity index (χ0) is 17.7. The van der Waals surface area contributed by atoms with Crippen LogP contribution in [0.3, 0.4) is 0 Å². The van der Waals surface area contributed by atoms with Crippen LogP contribution in [0.4, 0.5) is 5.69 Å². The molecule has 5 nitrogen and oxygen atoms in total. The van der Waals surface area contributed by atoms with E-state index in [0.29, 0.717) is 16.8 Å². The number of anilines is 1. The highest BCUT2D eigenvalue weighted by molar-refractivity contribution is 7.85. The molecule has 0 aliphatic heterocycles. The van der Waals surface area contributed by atoms with Crippen LogP contribution in [0, 0.1) is 6.92 Å². The summed E-state index contributed by atoms with van der Waals surface area (Å²) in [4.78, 5) is 12.0. The van der Waals surface area contributed by atoms with Gasteiger partial charge < -0.3 is 5.32 Å². The number of hydrogen-bond acceptors (Lipinski definition) is 3. The summed E-state index contributed by atoms with van der Waals surface area (Å²) in [5, 5.41) is 2.65. The smallest absolute Gasteiger partial charge is 0.294 e. The molecule has 2 aromatic rings. The Morgan fingerprint density at radius 2 is 1.79 bits per heavy atom. The van der Waals surface area contributed by atoms with Crippen molar-refractivity contribution in [3.63, 3.8) is 0 Å². The first-order valence-electron chi connectivity index (χ1n) is 7.79. The molecular formula is C18H21NO4S. The SMILES string of the molecule is CCCCc1ccc(C(=O)Nc2ccc(C)c(S(=O)(=O)O)c2)cc1. The minimum atomic E-state index is -4.32. The van der Waals surface area contributed by atoms with Gasteiger partial charge in [0.2, 0.25) is 0 Å². The highest BCUT2D eigenvalue weighted by Gasteiger charge is 2.15. The molecule has 0 aliphatic rings. The molecule has 0 saturated carbocycles. The summed E-state index contributed by atoms with van der Waals surface area (Å²) in [6.07, 6.45) is 3.20. The number of rotatable bonds is 6. The summed E-state index contributed by atoms with van der Waals surface area (Å²) >= 11 is 0. The van der Waals surface area contributed by atoms with Gasteiger partial charge in [-0.25, -0.2) is 0 Å². The molecule has 24 heavy (non-hydrogen) atoms. The van der Waals surface area contributed by atoms with Gasteiger partial charge in [0.05, 0.1) is 4.90 Å². The van der Waals surface area contributed by atoms with Crippen molar-refractivity contribution in [2.75, 3.05) is 5.32 Å². The molecule has 0 aromatic heterocycles. The third kappa shape index (κ3) is 4.66. The first-order valence-corrected chi connectivity index (χ1v) is 9.23. The highest BCUT2D eigenvalue weighted by atomic mass is 32.2. The molecule has 0 heterocycles. The summed E-state index contributed by atoms with van der Waals surface area (Å²) in [5.41, 5.74) is 2.39. The van der Waals surface area contributed by atoms with Crippen LogP contribution in [0.15, 0.2) is 47.4 Å². The fourth-order valence-corrected chi connectivity index (χ4v) is 3.11. The largest absolute Gasteiger partial charge is 0.322 e. The Balaban J connectivity index is 2.15. The lowest BCUT2D eigenvalue weighted by molar-refractivity contribution is 0.102. The van der Waals surface area contributed by atoms with Gasteiger partial charge in [-0.1, -0.05) is 31.5 Å². The van der Waals surface area contributed by atoms with E-state index in [-0.39, 0.29) is 10.8 Å². The lowest BCUT2D eigenvalue weighted by Crippen LogP contribution is -2.12. The molecule has 0 spiro atoms. The van der Waals surface area contributed by atoms with Crippen LogP contribution in [0.5, 0.6) is 0 Å². The van der Waals surface area contributed by atoms with E-state index in [9.17, 15) is 17.8 Å². The number of nitrogens with one attached hydrogen (secondary N) is 1. The lowest BCUT2D eigenvalue weighted by Gasteiger charge is -2.09. The standard InChI is InChI=1S/C18H21NO4S/c1-3-4-5-14-7-9-15(10-8-14)18(20)19-16-11-6-13(2)17(12-16)24(21,22)23/h6-12H,3-5H2,1-2H3,(H,19,20)(H,21,22,23). The topological polar surface area (TPSA) is 83.5 Å². The van der Waals surface area contributed by atoms with Gasteiger partial charge in [0.25, 0.3) is 16.0 Å². The number of carbonyl (C=O) groups is 1. The molecule has 2 N–H and O–H groups in total. The van der Waals surface area contributed by atoms with Crippen molar-refractivity contribution in [1.82, 2.24) is 0 Å². The Morgan fingerprint density at radius 1 is 1.12 bits per heavy atom. The van der Waals surface area contributed by atoms with E-state index < -0.39 is 10.1 Å². The van der Waals surface area contributed by atoms with Gasteiger partial charge in [-0.05, 0) is 55.2 Å². The molecule has 0 fully saturated rings. The number of carbonyl (C=O) groups excluding carboxylic acids is 1. The minimum Gasteiger partial charge on any atom is -0.322 e. The fourth-order valence-electron chi connectivity index (χ4n) is 2.36. The Bertz CT molecular complexity index is 827. The van der Waals surface area contributed by atoms with Crippen LogP contribution in [0.1, 0.15) is 41.3 Å². The average Bonchev–Trinajstić information content (AvgIpc) is 2.54. The highest BCUT2D eigenvalue weighted by Crippen LogP contribution is 2.20. The molecular weight excluding hydrogens is 326 g/mol. The third-order valence-corrected chi connectivity index (χ3v) is 4.75. The van der Waals surface area contributed by atoms with Gasteiger partial charge in [-0.15, -0.1) is 0 Å². The van der Waals surface area contributed by atoms with Crippen molar-refractivity contribution in [2.24, 2.45) is 0 Å². The van der Waals surface area contributed by atoms with E-state index in [1.165, 1.54) is 17.7 Å². The zero-order valence-electron chi connectivity index (χ0n) is 13.7. The van der Waals surface area contributed by atoms with E-state index in [1.807, 2.05) is 12.1 Å². The molecule has 0 saturated heterocycles. The van der Waals surface area contributed by atoms with Crippen molar-refractivity contribution in [2.45, 2.75) is 38.0 Å². The van der Waals surface area contributed by atoms with Gasteiger partial charge in [0.1, 0.15) is 0 Å². The number of aryl methyl sites for hydroxylation is 2. The first-order chi connectivity index (χ1) is 11.3. The Hall–Kier alpha value is -2.18. The number of unbranched alkanes of at least 4 members (excludes halogenated alkanes) is 1. The molecule has 0 radical (unpaired) electrons. The van der Waals surface area contributed by atoms with E-state index >= 15 is 0 Å². The van der Waals surface area contributed by atoms with Crippen LogP contribution in [-0.4, -0.2) is 18.9 Å². The number of amides is 1. The van der Waals surface area contributed by atoms with E-state index in [0.717, 1.165) is 19.3 Å². The van der Waals surface area contributed by atoms with Crippen molar-refractivity contribution in [3.8, 4) is 0 Å². The van der Waals surface area contributed by atoms with Crippen molar-refractivity contribution in [1.29, 1.82) is 0 Å². The normalized spacial score (nSPS) is 11.3. The molecule has 0 atom stereocenters. The van der Waals surface area contributed by atoms with Gasteiger partial charge >= 0.3 is 0 Å². The second kappa shape index (κ2) is 7.59. The van der Waals surface area contributed by atoms with Gasteiger partial charge in [0.15, 0.2) is 0 Å². The average molecular weight is 347 g/mol. The second-order valence-corrected chi connectivity index (χ2v) is 7.10. The van der Waals surface area contributed by atoms with Crippen molar-refractivity contribution >= 4 is 21.7 Å². The summed E-state index contributed by atoms with van der Waals surface area (Å²) < 4.78 is 31.9. The quantitative estimate of drug-likeness (QED) is 0.778. The van der Waals surface area contributed by atoms with Crippen LogP contribution in [0.25, 0.3) is 0 Å². The monoisotopic (exact) mass is 347 g/mol. The predicted octanol–water partition coefficient (Wildman–Crippen LogP) is 3.84. The predicted molar refractivity (Wildman–Crippen MR) is 94.0 cm³/mol. The van der Waals surface area contributed by atoms with Gasteiger partial charge in [-0.2, -0.15) is 8.42 Å². The van der Waals surface area contributed by atoms with Gasteiger partial charge in [-0.3, -0.25) is 9.35 Å². The number of hydrogen-bond donors (Lipinski definition) is 2. The van der Waals surface area contributed by atoms with E-state index in [2.05, 4.69) is 12.2 Å². The third-order valence-electron chi connectivity index (χ3n) is 3.76. The Morgan fingerprint density at radius 3 is 2.38 bits per heavy atom. The maximum absolute atomic E-state index is 12.3. The summed E-state index contributed by atoms with van der Waals surface area (Å²) in [6.45, 7) is 3.70. The molecule has 0 aliphatic carbocycles. The van der Waals surface area contributed by atoms with Crippen molar-refractivity contribution < 1.29 is 17.8 Å². The summed E-state index contributed by atoms with van der Waals surface area (Å²) in [6, 6.07) is 11.7. The zero-order valence-corrected chi connectivity index (χ0v) is 14.6.